The first-order chi connectivity index (χ1) is 7.86. The molecule has 2 atom stereocenters. The van der Waals surface area contributed by atoms with Gasteiger partial charge in [0.05, 0.1) is 24.0 Å². The number of nitrogens with zero attached hydrogens (tertiary/aromatic N) is 3. The van der Waals surface area contributed by atoms with E-state index in [1.54, 1.807) is 6.20 Å². The Kier molecular flexibility index (Phi) is 2.72. The lowest BCUT2D eigenvalue weighted by Crippen LogP contribution is -2.22. The number of hydrogen-bond donors (Lipinski definition) is 0. The molecule has 1 saturated heterocycles. The molecule has 16 heavy (non-hydrogen) atoms. The summed E-state index contributed by atoms with van der Waals surface area (Å²) in [6, 6.07) is 0. The number of halogens is 1. The zero-order valence-corrected chi connectivity index (χ0v) is 10.0. The number of fused-ring (bicyclic) bond motifs is 1. The molecule has 2 fully saturated rings. The first-order valence-corrected chi connectivity index (χ1v) is 6.52. The molecule has 0 radical (unpaired) electrons. The van der Waals surface area contributed by atoms with E-state index >= 15 is 0 Å². The van der Waals surface area contributed by atoms with E-state index in [0.29, 0.717) is 5.88 Å². The number of anilines is 1. The molecule has 86 valence electrons. The highest BCUT2D eigenvalue weighted by molar-refractivity contribution is 6.16. The van der Waals surface area contributed by atoms with Crippen LogP contribution in [0.5, 0.6) is 0 Å². The molecule has 1 aromatic heterocycles. The van der Waals surface area contributed by atoms with Gasteiger partial charge in [0, 0.05) is 13.1 Å². The van der Waals surface area contributed by atoms with Gasteiger partial charge >= 0.3 is 0 Å². The largest absolute Gasteiger partial charge is 0.355 e. The first-order valence-electron chi connectivity index (χ1n) is 5.98. The summed E-state index contributed by atoms with van der Waals surface area (Å²) in [5.41, 5.74) is 0.852. The van der Waals surface area contributed by atoms with E-state index in [1.165, 1.54) is 32.4 Å². The molecular formula is C12H16ClN3. The maximum absolute atomic E-state index is 5.70. The summed E-state index contributed by atoms with van der Waals surface area (Å²) in [4.78, 5) is 11.1. The highest BCUT2D eigenvalue weighted by Gasteiger charge is 2.36. The van der Waals surface area contributed by atoms with Crippen molar-refractivity contribution in [1.29, 1.82) is 0 Å². The molecule has 3 rings (SSSR count). The van der Waals surface area contributed by atoms with Crippen LogP contribution >= 0.6 is 11.6 Å². The number of hydrogen-bond acceptors (Lipinski definition) is 3. The minimum atomic E-state index is 0.443. The van der Waals surface area contributed by atoms with E-state index in [-0.39, 0.29) is 0 Å². The van der Waals surface area contributed by atoms with Crippen LogP contribution in [0.25, 0.3) is 0 Å². The molecule has 0 amide bonds. The van der Waals surface area contributed by atoms with Gasteiger partial charge in [-0.1, -0.05) is 6.42 Å². The summed E-state index contributed by atoms with van der Waals surface area (Å²) in [7, 11) is 0. The molecule has 0 bridgehead atoms. The smallest absolute Gasteiger partial charge is 0.147 e. The van der Waals surface area contributed by atoms with Crippen LogP contribution in [0.15, 0.2) is 12.4 Å². The SMILES string of the molecule is ClCc1cnc(N2CC3CCCC3C2)cn1. The third-order valence-electron chi connectivity index (χ3n) is 3.88. The average Bonchev–Trinajstić information content (AvgIpc) is 2.89. The van der Waals surface area contributed by atoms with E-state index < -0.39 is 0 Å². The molecule has 1 aliphatic carbocycles. The van der Waals surface area contributed by atoms with E-state index in [1.807, 2.05) is 6.20 Å². The van der Waals surface area contributed by atoms with Crippen LogP contribution in [-0.4, -0.2) is 23.1 Å². The number of rotatable bonds is 2. The molecular weight excluding hydrogens is 222 g/mol. The van der Waals surface area contributed by atoms with Crippen LogP contribution in [-0.2, 0) is 5.88 Å². The summed E-state index contributed by atoms with van der Waals surface area (Å²) in [5, 5.41) is 0. The predicted octanol–water partition coefficient (Wildman–Crippen LogP) is 2.45. The summed E-state index contributed by atoms with van der Waals surface area (Å²) in [6.07, 6.45) is 7.86. The molecule has 0 spiro atoms. The lowest BCUT2D eigenvalue weighted by atomic mass is 10.0. The third kappa shape index (κ3) is 1.77. The van der Waals surface area contributed by atoms with Crippen LogP contribution in [0.3, 0.4) is 0 Å². The minimum absolute atomic E-state index is 0.443. The number of alkyl halides is 1. The fraction of sp³-hybridized carbons (Fsp3) is 0.667. The maximum atomic E-state index is 5.70. The molecule has 0 N–H and O–H groups in total. The Bertz CT molecular complexity index is 353. The van der Waals surface area contributed by atoms with E-state index in [4.69, 9.17) is 11.6 Å². The molecule has 2 unspecified atom stereocenters. The quantitative estimate of drug-likeness (QED) is 0.740. The van der Waals surface area contributed by atoms with Gasteiger partial charge in [-0.05, 0) is 24.7 Å². The van der Waals surface area contributed by atoms with Crippen LogP contribution in [0, 0.1) is 11.8 Å². The molecule has 2 heterocycles. The normalized spacial score (nSPS) is 28.4. The molecule has 3 nitrogen and oxygen atoms in total. The second kappa shape index (κ2) is 4.21. The summed E-state index contributed by atoms with van der Waals surface area (Å²) < 4.78 is 0. The Morgan fingerprint density at radius 2 is 1.94 bits per heavy atom. The Labute approximate surface area is 101 Å². The van der Waals surface area contributed by atoms with E-state index in [0.717, 1.165) is 23.3 Å². The lowest BCUT2D eigenvalue weighted by molar-refractivity contribution is 0.494. The number of aromatic nitrogens is 2. The molecule has 1 aromatic rings. The molecule has 0 aromatic carbocycles. The average molecular weight is 238 g/mol. The minimum Gasteiger partial charge on any atom is -0.355 e. The van der Waals surface area contributed by atoms with Crippen molar-refractivity contribution in [2.75, 3.05) is 18.0 Å². The highest BCUT2D eigenvalue weighted by atomic mass is 35.5. The van der Waals surface area contributed by atoms with Gasteiger partial charge in [-0.2, -0.15) is 0 Å². The third-order valence-corrected chi connectivity index (χ3v) is 4.15. The van der Waals surface area contributed by atoms with Crippen molar-refractivity contribution in [2.24, 2.45) is 11.8 Å². The molecule has 1 aliphatic heterocycles. The van der Waals surface area contributed by atoms with Gasteiger partial charge in [0.15, 0.2) is 0 Å². The first kappa shape index (κ1) is 10.3. The lowest BCUT2D eigenvalue weighted by Gasteiger charge is -2.17. The van der Waals surface area contributed by atoms with Crippen molar-refractivity contribution in [1.82, 2.24) is 9.97 Å². The van der Waals surface area contributed by atoms with Crippen molar-refractivity contribution >= 4 is 17.4 Å². The van der Waals surface area contributed by atoms with Gasteiger partial charge in [0.25, 0.3) is 0 Å². The Hall–Kier alpha value is -0.830. The van der Waals surface area contributed by atoms with E-state index in [9.17, 15) is 0 Å². The van der Waals surface area contributed by atoms with Gasteiger partial charge in [0.2, 0.25) is 0 Å². The van der Waals surface area contributed by atoms with Crippen LogP contribution in [0.4, 0.5) is 5.82 Å². The summed E-state index contributed by atoms with van der Waals surface area (Å²) >= 11 is 5.70. The van der Waals surface area contributed by atoms with Gasteiger partial charge < -0.3 is 4.90 Å². The second-order valence-corrected chi connectivity index (χ2v) is 5.12. The molecule has 4 heteroatoms. The van der Waals surface area contributed by atoms with Crippen molar-refractivity contribution in [2.45, 2.75) is 25.1 Å². The molecule has 2 aliphatic rings. The monoisotopic (exact) mass is 237 g/mol. The standard InChI is InChI=1S/C12H16ClN3/c13-4-11-5-15-12(6-14-11)16-7-9-2-1-3-10(9)8-16/h5-6,9-10H,1-4,7-8H2. The fourth-order valence-corrected chi connectivity index (χ4v) is 3.14. The van der Waals surface area contributed by atoms with Crippen LogP contribution in [0.2, 0.25) is 0 Å². The second-order valence-electron chi connectivity index (χ2n) is 4.86. The van der Waals surface area contributed by atoms with Gasteiger partial charge in [-0.3, -0.25) is 4.98 Å². The van der Waals surface area contributed by atoms with Crippen molar-refractivity contribution in [3.8, 4) is 0 Å². The summed E-state index contributed by atoms with van der Waals surface area (Å²) in [6.45, 7) is 2.33. The Morgan fingerprint density at radius 3 is 2.50 bits per heavy atom. The van der Waals surface area contributed by atoms with Crippen LogP contribution in [0.1, 0.15) is 25.0 Å². The zero-order chi connectivity index (χ0) is 11.0. The zero-order valence-electron chi connectivity index (χ0n) is 9.27. The van der Waals surface area contributed by atoms with Crippen molar-refractivity contribution in [3.63, 3.8) is 0 Å². The van der Waals surface area contributed by atoms with Gasteiger partial charge in [-0.15, -0.1) is 11.6 Å². The Balaban J connectivity index is 1.73. The van der Waals surface area contributed by atoms with Gasteiger partial charge in [0.1, 0.15) is 5.82 Å². The highest BCUT2D eigenvalue weighted by Crippen LogP contribution is 2.38. The van der Waals surface area contributed by atoms with Crippen LogP contribution < -0.4 is 4.90 Å². The van der Waals surface area contributed by atoms with Crippen molar-refractivity contribution in [3.05, 3.63) is 18.1 Å². The van der Waals surface area contributed by atoms with Crippen molar-refractivity contribution < 1.29 is 0 Å². The molecule has 1 saturated carbocycles. The summed E-state index contributed by atoms with van der Waals surface area (Å²) in [5.74, 6) is 3.26. The predicted molar refractivity (Wildman–Crippen MR) is 64.6 cm³/mol. The van der Waals surface area contributed by atoms with E-state index in [2.05, 4.69) is 14.9 Å². The fourth-order valence-electron chi connectivity index (χ4n) is 3.00. The maximum Gasteiger partial charge on any atom is 0.147 e. The van der Waals surface area contributed by atoms with Gasteiger partial charge in [-0.25, -0.2) is 4.98 Å². The topological polar surface area (TPSA) is 29.0 Å². The Morgan fingerprint density at radius 1 is 1.19 bits per heavy atom.